The second kappa shape index (κ2) is 9.73. The van der Waals surface area contributed by atoms with Crippen LogP contribution in [0.5, 0.6) is 0 Å². The van der Waals surface area contributed by atoms with Crippen molar-refractivity contribution in [1.29, 1.82) is 0 Å². The molecule has 0 heterocycles. The molecule has 0 unspecified atom stereocenters. The molecule has 0 atom stereocenters. The fraction of sp³-hybridized carbons (Fsp3) is 0.867. The minimum Gasteiger partial charge on any atom is -0.389 e. The van der Waals surface area contributed by atoms with E-state index in [4.69, 9.17) is 0 Å². The first-order chi connectivity index (χ1) is 7.68. The molecule has 0 bridgehead atoms. The third-order valence-corrected chi connectivity index (χ3v) is 3.26. The third kappa shape index (κ3) is 7.77. The Hall–Kier alpha value is -0.480. The van der Waals surface area contributed by atoms with Crippen LogP contribution < -0.4 is 0 Å². The van der Waals surface area contributed by atoms with Crippen molar-refractivity contribution in [3.63, 3.8) is 0 Å². The van der Waals surface area contributed by atoms with Crippen LogP contribution in [0.4, 0.5) is 0 Å². The van der Waals surface area contributed by atoms with Crippen LogP contribution in [-0.4, -0.2) is 10.7 Å². The minimum absolute atomic E-state index is 0.546. The van der Waals surface area contributed by atoms with Crippen LogP contribution >= 0.6 is 0 Å². The summed E-state index contributed by atoms with van der Waals surface area (Å²) in [5, 5.41) is 10.00. The molecule has 0 aromatic rings. The van der Waals surface area contributed by atoms with Gasteiger partial charge in [-0.25, -0.2) is 0 Å². The SMILES string of the molecule is CCCCCCCC#CCC(O)(CC)CC. The molecule has 0 aliphatic rings. The number of aliphatic hydroxyl groups is 1. The average Bonchev–Trinajstić information content (AvgIpc) is 2.32. The van der Waals surface area contributed by atoms with Crippen molar-refractivity contribution in [2.75, 3.05) is 0 Å². The maximum atomic E-state index is 10.00. The van der Waals surface area contributed by atoms with Crippen LogP contribution in [0.15, 0.2) is 0 Å². The summed E-state index contributed by atoms with van der Waals surface area (Å²) < 4.78 is 0. The van der Waals surface area contributed by atoms with Gasteiger partial charge in [0, 0.05) is 12.8 Å². The number of unbranched alkanes of at least 4 members (excludes halogenated alkanes) is 5. The van der Waals surface area contributed by atoms with Crippen molar-refractivity contribution >= 4 is 0 Å². The summed E-state index contributed by atoms with van der Waals surface area (Å²) in [5.41, 5.74) is -0.546. The highest BCUT2D eigenvalue weighted by atomic mass is 16.3. The Morgan fingerprint density at radius 3 is 2.06 bits per heavy atom. The van der Waals surface area contributed by atoms with E-state index in [0.29, 0.717) is 6.42 Å². The van der Waals surface area contributed by atoms with Crippen molar-refractivity contribution in [3.8, 4) is 11.8 Å². The standard InChI is InChI=1S/C15H28O/c1-4-7-8-9-10-11-12-13-14-15(16,5-2)6-3/h16H,4-11,14H2,1-3H3. The Kier molecular flexibility index (Phi) is 9.43. The normalized spacial score (nSPS) is 11.0. The summed E-state index contributed by atoms with van der Waals surface area (Å²) in [6, 6.07) is 0. The van der Waals surface area contributed by atoms with Crippen LogP contribution in [-0.2, 0) is 0 Å². The molecule has 0 rings (SSSR count). The largest absolute Gasteiger partial charge is 0.389 e. The summed E-state index contributed by atoms with van der Waals surface area (Å²) in [6.45, 7) is 6.28. The summed E-state index contributed by atoms with van der Waals surface area (Å²) in [4.78, 5) is 0. The van der Waals surface area contributed by atoms with Gasteiger partial charge in [0.15, 0.2) is 0 Å². The lowest BCUT2D eigenvalue weighted by molar-refractivity contribution is 0.0375. The quantitative estimate of drug-likeness (QED) is 0.481. The molecule has 0 amide bonds. The highest BCUT2D eigenvalue weighted by Gasteiger charge is 2.19. The molecule has 0 aromatic carbocycles. The van der Waals surface area contributed by atoms with Gasteiger partial charge in [0.2, 0.25) is 0 Å². The lowest BCUT2D eigenvalue weighted by atomic mass is 9.94. The zero-order valence-electron chi connectivity index (χ0n) is 11.3. The van der Waals surface area contributed by atoms with E-state index in [2.05, 4.69) is 18.8 Å². The smallest absolute Gasteiger partial charge is 0.0751 e. The van der Waals surface area contributed by atoms with Crippen LogP contribution in [0.1, 0.15) is 78.6 Å². The van der Waals surface area contributed by atoms with Crippen LogP contribution in [0.3, 0.4) is 0 Å². The highest BCUT2D eigenvalue weighted by molar-refractivity contribution is 5.03. The molecule has 0 spiro atoms. The van der Waals surface area contributed by atoms with Crippen LogP contribution in [0.2, 0.25) is 0 Å². The van der Waals surface area contributed by atoms with E-state index in [-0.39, 0.29) is 0 Å². The number of hydrogen-bond acceptors (Lipinski definition) is 1. The molecular formula is C15H28O. The first-order valence-electron chi connectivity index (χ1n) is 6.86. The highest BCUT2D eigenvalue weighted by Crippen LogP contribution is 2.18. The van der Waals surface area contributed by atoms with Gasteiger partial charge in [-0.1, -0.05) is 46.5 Å². The fourth-order valence-electron chi connectivity index (χ4n) is 1.63. The van der Waals surface area contributed by atoms with Crippen LogP contribution in [0, 0.1) is 11.8 Å². The Morgan fingerprint density at radius 2 is 1.50 bits per heavy atom. The molecule has 0 saturated heterocycles. The van der Waals surface area contributed by atoms with Gasteiger partial charge in [0.25, 0.3) is 0 Å². The van der Waals surface area contributed by atoms with Gasteiger partial charge >= 0.3 is 0 Å². The molecule has 0 radical (unpaired) electrons. The van der Waals surface area contributed by atoms with Gasteiger partial charge in [-0.3, -0.25) is 0 Å². The Labute approximate surface area is 102 Å². The van der Waals surface area contributed by atoms with E-state index in [1.807, 2.05) is 13.8 Å². The molecular weight excluding hydrogens is 196 g/mol. The molecule has 0 saturated carbocycles. The topological polar surface area (TPSA) is 20.2 Å². The molecule has 1 nitrogen and oxygen atoms in total. The van der Waals surface area contributed by atoms with Crippen LogP contribution in [0.25, 0.3) is 0 Å². The van der Waals surface area contributed by atoms with Crippen molar-refractivity contribution < 1.29 is 5.11 Å². The fourth-order valence-corrected chi connectivity index (χ4v) is 1.63. The second-order valence-electron chi connectivity index (χ2n) is 4.63. The molecule has 0 aromatic heterocycles. The summed E-state index contributed by atoms with van der Waals surface area (Å²) in [7, 11) is 0. The van der Waals surface area contributed by atoms with E-state index in [1.54, 1.807) is 0 Å². The zero-order valence-corrected chi connectivity index (χ0v) is 11.3. The summed E-state index contributed by atoms with van der Waals surface area (Å²) in [6.07, 6.45) is 9.72. The first kappa shape index (κ1) is 15.5. The molecule has 0 aliphatic heterocycles. The molecule has 16 heavy (non-hydrogen) atoms. The molecule has 0 fully saturated rings. The van der Waals surface area contributed by atoms with Gasteiger partial charge in [-0.2, -0.15) is 0 Å². The maximum absolute atomic E-state index is 10.00. The van der Waals surface area contributed by atoms with E-state index < -0.39 is 5.60 Å². The molecule has 1 heteroatoms. The third-order valence-electron chi connectivity index (χ3n) is 3.26. The van der Waals surface area contributed by atoms with Crippen molar-refractivity contribution in [2.45, 2.75) is 84.2 Å². The Bertz CT molecular complexity index is 205. The van der Waals surface area contributed by atoms with Gasteiger partial charge in [0.05, 0.1) is 5.60 Å². The predicted octanol–water partition coefficient (Wildman–Crippen LogP) is 4.29. The molecule has 94 valence electrons. The summed E-state index contributed by atoms with van der Waals surface area (Å²) in [5.74, 6) is 6.30. The van der Waals surface area contributed by atoms with Gasteiger partial charge in [0.1, 0.15) is 0 Å². The number of rotatable bonds is 8. The molecule has 0 aliphatic carbocycles. The van der Waals surface area contributed by atoms with E-state index in [1.165, 1.54) is 32.1 Å². The van der Waals surface area contributed by atoms with Crippen molar-refractivity contribution in [2.24, 2.45) is 0 Å². The Morgan fingerprint density at radius 1 is 0.875 bits per heavy atom. The minimum atomic E-state index is -0.546. The predicted molar refractivity (Wildman–Crippen MR) is 71.3 cm³/mol. The van der Waals surface area contributed by atoms with Crippen molar-refractivity contribution in [3.05, 3.63) is 0 Å². The first-order valence-corrected chi connectivity index (χ1v) is 6.86. The van der Waals surface area contributed by atoms with E-state index in [9.17, 15) is 5.11 Å². The summed E-state index contributed by atoms with van der Waals surface area (Å²) >= 11 is 0. The zero-order chi connectivity index (χ0) is 12.3. The lowest BCUT2D eigenvalue weighted by Gasteiger charge is -2.21. The molecule has 1 N–H and O–H groups in total. The number of hydrogen-bond donors (Lipinski definition) is 1. The monoisotopic (exact) mass is 224 g/mol. The maximum Gasteiger partial charge on any atom is 0.0751 e. The second-order valence-corrected chi connectivity index (χ2v) is 4.63. The van der Waals surface area contributed by atoms with Gasteiger partial charge in [-0.05, 0) is 19.3 Å². The lowest BCUT2D eigenvalue weighted by Crippen LogP contribution is -2.25. The van der Waals surface area contributed by atoms with E-state index >= 15 is 0 Å². The van der Waals surface area contributed by atoms with Crippen molar-refractivity contribution in [1.82, 2.24) is 0 Å². The van der Waals surface area contributed by atoms with Gasteiger partial charge in [-0.15, -0.1) is 11.8 Å². The average molecular weight is 224 g/mol. The Balaban J connectivity index is 3.54. The van der Waals surface area contributed by atoms with Gasteiger partial charge < -0.3 is 5.11 Å². The van der Waals surface area contributed by atoms with E-state index in [0.717, 1.165) is 19.3 Å².